The van der Waals surface area contributed by atoms with Gasteiger partial charge in [-0.2, -0.15) is 0 Å². The first kappa shape index (κ1) is 105. The van der Waals surface area contributed by atoms with Crippen molar-refractivity contribution in [1.82, 2.24) is 21.3 Å². The topological polar surface area (TPSA) is 383 Å². The molecule has 0 bridgehead atoms. The molecule has 8 atom stereocenters. The van der Waals surface area contributed by atoms with Crippen molar-refractivity contribution in [2.75, 3.05) is 34.0 Å². The molecule has 1 aliphatic heterocycles. The van der Waals surface area contributed by atoms with Crippen molar-refractivity contribution in [2.45, 2.75) is 95.3 Å². The van der Waals surface area contributed by atoms with Crippen molar-refractivity contribution < 1.29 is 52.8 Å². The average Bonchev–Trinajstić information content (AvgIpc) is 0.796. The maximum atomic E-state index is 13.5. The molecule has 16 N–H and O–H groups in total. The van der Waals surface area contributed by atoms with E-state index in [1.807, 2.05) is 309 Å². The number of methoxy groups -OCH3 is 2. The number of aliphatic hydroxyl groups is 1. The van der Waals surface area contributed by atoms with Crippen LogP contribution in [-0.2, 0) is 64.0 Å². The van der Waals surface area contributed by atoms with E-state index in [0.717, 1.165) is 91.1 Å². The number of hydrogen-bond acceptors (Lipinski definition) is 15. The maximum Gasteiger partial charge on any atom is 0.311 e. The molecule has 0 saturated heterocycles. The van der Waals surface area contributed by atoms with Gasteiger partial charge >= 0.3 is 11.9 Å². The Morgan fingerprint density at radius 1 is 0.350 bits per heavy atom. The third-order valence-electron chi connectivity index (χ3n) is 25.0. The molecule has 14 aromatic carbocycles. The van der Waals surface area contributed by atoms with E-state index in [2.05, 4.69) is 53.0 Å². The van der Waals surface area contributed by atoms with Gasteiger partial charge in [-0.1, -0.05) is 317 Å². The lowest BCUT2D eigenvalue weighted by Crippen LogP contribution is -2.45. The van der Waals surface area contributed by atoms with Crippen LogP contribution in [0.25, 0.3) is 34.0 Å². The molecule has 22 nitrogen and oxygen atoms in total. The fourth-order valence-corrected chi connectivity index (χ4v) is 17.1. The molecule has 8 unspecified atom stereocenters. The summed E-state index contributed by atoms with van der Waals surface area (Å²) in [6.07, 6.45) is 10.1. The van der Waals surface area contributed by atoms with Gasteiger partial charge in [0.2, 0.25) is 0 Å². The molecular weight excluding hydrogens is 1780 g/mol. The average molecular weight is 1910 g/mol. The van der Waals surface area contributed by atoms with Gasteiger partial charge in [0.15, 0.2) is 11.5 Å². The van der Waals surface area contributed by atoms with E-state index in [0.29, 0.717) is 109 Å². The van der Waals surface area contributed by atoms with Gasteiger partial charge in [0.25, 0.3) is 23.6 Å². The van der Waals surface area contributed by atoms with E-state index in [4.69, 9.17) is 58.1 Å². The molecule has 14 aromatic rings. The van der Waals surface area contributed by atoms with Crippen molar-refractivity contribution in [3.8, 4) is 33.8 Å². The summed E-state index contributed by atoms with van der Waals surface area (Å²) < 4.78 is 21.7. The highest BCUT2D eigenvalue weighted by atomic mass is 16.6. The Morgan fingerprint density at radius 3 is 1.07 bits per heavy atom. The molecule has 143 heavy (non-hydrogen) atoms. The maximum absolute atomic E-state index is 13.5. The number of nitrogens with two attached hydrogens (primary N) is 4. The quantitative estimate of drug-likeness (QED) is 0.00964. The second-order valence-corrected chi connectivity index (χ2v) is 35.3. The highest BCUT2D eigenvalue weighted by Gasteiger charge is 2.34. The zero-order valence-electron chi connectivity index (χ0n) is 80.8. The van der Waals surface area contributed by atoms with E-state index in [1.165, 1.54) is 19.8 Å². The largest absolute Gasteiger partial charge is 0.486 e. The Bertz CT molecular complexity index is 6560. The van der Waals surface area contributed by atoms with Crippen LogP contribution in [0, 0.1) is 39.9 Å². The number of nitrogen functional groups attached to an aromatic ring is 3. The number of carbonyl (C=O) groups is 6. The summed E-state index contributed by atoms with van der Waals surface area (Å²) in [5.41, 5.74) is 40.7. The van der Waals surface area contributed by atoms with Crippen LogP contribution < -0.4 is 53.7 Å². The van der Waals surface area contributed by atoms with Crippen LogP contribution in [0.1, 0.15) is 134 Å². The number of aliphatic hydroxyl groups excluding tert-OH is 1. The van der Waals surface area contributed by atoms with Crippen molar-refractivity contribution in [3.63, 3.8) is 0 Å². The standard InChI is InChI=1S/C35H36N2O4.C33H33N3O3.C27H29N3O3.C26H27N3O/c1-24(36)29-9-5-8-26(20-29)21-31(23-38)32(16-10-25-6-3-2-4-7-25)37-35(39)28-13-11-27(12-14-28)30-15-17-33-34(22-30)41-19-18-40-33;1-39-33(38)29(22-24-11-8-14-28(21-24)31(34)35)30(20-15-23-9-4-2-5-10-23)36-32(37)27-18-16-26(17-19-27)25-12-6-3-7-13-25;1-33-27(32)23(18-20-11-8-14-22(17-20)25(28)29)24(16-15-19-9-4-2-5-10-19)30-26(31)21-12-6-3-7-13-21;1-19(17-21-11-8-14-23(18-21)25(27)28)24(16-15-20-9-4-2-5-10-20)29-26(30)22-12-6-3-7-13-22/h2-9,11-15,17,20,22,31-32,38H,1,10,16,18-19,21,23,36H2,(H,37,39);2-14,16-19,21,29-30H,15,20,22H2,1H3,(H3,34,35)(H,36,37);2-14,17,23-24H,15-16,18H2,1H3,(H3,28,29)(H,30,31);2-16,18-19,24H,17H2,1H3,(H3,27,28)(H,29,30)/b;;;16-15+. The van der Waals surface area contributed by atoms with E-state index < -0.39 is 35.9 Å². The zero-order chi connectivity index (χ0) is 101. The third kappa shape index (κ3) is 32.6. The normalized spacial score (nSPS) is 12.8. The number of fused-ring (bicyclic) bond motifs is 1. The van der Waals surface area contributed by atoms with Crippen molar-refractivity contribution in [2.24, 2.45) is 46.6 Å². The molecule has 0 fully saturated rings. The van der Waals surface area contributed by atoms with E-state index in [9.17, 15) is 33.9 Å². The Hall–Kier alpha value is -16.9. The second-order valence-electron chi connectivity index (χ2n) is 35.3. The Kier molecular flexibility index (Phi) is 40.0. The molecular formula is C121H125N11O11. The third-order valence-corrected chi connectivity index (χ3v) is 25.0. The lowest BCUT2D eigenvalue weighted by atomic mass is 9.87. The first-order valence-electron chi connectivity index (χ1n) is 47.9. The van der Waals surface area contributed by atoms with Gasteiger partial charge in [-0.3, -0.25) is 45.0 Å². The van der Waals surface area contributed by atoms with Gasteiger partial charge in [0, 0.05) is 75.3 Å². The number of esters is 2. The van der Waals surface area contributed by atoms with Crippen molar-refractivity contribution in [3.05, 3.63) is 478 Å². The summed E-state index contributed by atoms with van der Waals surface area (Å²) in [7, 11) is 2.72. The van der Waals surface area contributed by atoms with Crippen LogP contribution in [0.4, 0.5) is 0 Å². The summed E-state index contributed by atoms with van der Waals surface area (Å²) in [5, 5.41) is 46.2. The summed E-state index contributed by atoms with van der Waals surface area (Å²) >= 11 is 0. The van der Waals surface area contributed by atoms with Gasteiger partial charge in [0.05, 0.1) is 32.1 Å². The number of ether oxygens (including phenoxy) is 4. The van der Waals surface area contributed by atoms with Crippen LogP contribution in [0.3, 0.4) is 0 Å². The minimum Gasteiger partial charge on any atom is -0.486 e. The Labute approximate surface area is 837 Å². The molecule has 1 heterocycles. The predicted octanol–water partition coefficient (Wildman–Crippen LogP) is 19.4. The smallest absolute Gasteiger partial charge is 0.311 e. The van der Waals surface area contributed by atoms with Gasteiger partial charge in [-0.25, -0.2) is 0 Å². The predicted molar refractivity (Wildman–Crippen MR) is 570 cm³/mol. The number of benzene rings is 14. The zero-order valence-corrected chi connectivity index (χ0v) is 80.8. The Morgan fingerprint density at radius 2 is 0.664 bits per heavy atom. The highest BCUT2D eigenvalue weighted by Crippen LogP contribution is 2.36. The van der Waals surface area contributed by atoms with Crippen LogP contribution in [0.5, 0.6) is 11.5 Å². The summed E-state index contributed by atoms with van der Waals surface area (Å²) in [6, 6.07) is 118. The fourth-order valence-electron chi connectivity index (χ4n) is 17.1. The molecule has 22 heteroatoms. The number of amidine groups is 3. The number of nitrogens with one attached hydrogen (secondary N) is 7. The van der Waals surface area contributed by atoms with Crippen LogP contribution >= 0.6 is 0 Å². The SMILES string of the molecule is C=C(N)c1cccc(CC(CO)C(CCc2ccccc2)NC(=O)c2ccc(-c3ccc4c(c3)OCCO4)cc2)c1.CC(Cc1cccc(C(=N)N)c1)C(/C=C/c1ccccc1)NC(=O)c1ccccc1.COC(=O)C(Cc1cccc(C(=N)N)c1)C(CCc1ccccc1)NC(=O)c1ccc(-c2ccccc2)cc1.COC(=O)C(Cc1cccc(C(=N)N)c1)C(CCc1ccccc1)NC(=O)c1ccccc1. The minimum atomic E-state index is -0.631. The monoisotopic (exact) mass is 1910 g/mol. The summed E-state index contributed by atoms with van der Waals surface area (Å²) in [5.74, 6) is -1.37. The first-order chi connectivity index (χ1) is 69.4. The summed E-state index contributed by atoms with van der Waals surface area (Å²) in [6.45, 7) is 6.98. The van der Waals surface area contributed by atoms with E-state index >= 15 is 0 Å². The van der Waals surface area contributed by atoms with Crippen LogP contribution in [-0.4, -0.2) is 116 Å². The molecule has 0 saturated carbocycles. The molecule has 0 spiro atoms. The second kappa shape index (κ2) is 54.5. The van der Waals surface area contributed by atoms with Crippen molar-refractivity contribution in [1.29, 1.82) is 16.2 Å². The van der Waals surface area contributed by atoms with E-state index in [1.54, 1.807) is 60.7 Å². The minimum absolute atomic E-state index is 0.0375. The lowest BCUT2D eigenvalue weighted by molar-refractivity contribution is -0.147. The Balaban J connectivity index is 0.000000171. The lowest BCUT2D eigenvalue weighted by Gasteiger charge is -2.27. The number of amides is 4. The molecule has 4 amide bonds. The molecule has 0 radical (unpaired) electrons. The van der Waals surface area contributed by atoms with Gasteiger partial charge in [0.1, 0.15) is 30.7 Å². The number of rotatable bonds is 40. The molecule has 1 aliphatic rings. The summed E-state index contributed by atoms with van der Waals surface area (Å²) in [4.78, 5) is 78.6. The molecule has 0 aliphatic carbocycles. The fraction of sp³-hybridized carbons (Fsp3) is 0.198. The number of hydrogen-bond donors (Lipinski definition) is 12. The van der Waals surface area contributed by atoms with Gasteiger partial charge in [-0.15, -0.1) is 0 Å². The number of aryl methyl sites for hydroxylation is 3. The van der Waals surface area contributed by atoms with Crippen LogP contribution in [0.15, 0.2) is 389 Å². The van der Waals surface area contributed by atoms with Crippen LogP contribution in [0.2, 0.25) is 0 Å². The van der Waals surface area contributed by atoms with Gasteiger partial charge in [-0.05, 0) is 227 Å². The molecule has 15 rings (SSSR count). The van der Waals surface area contributed by atoms with Gasteiger partial charge < -0.3 is 68.3 Å². The first-order valence-corrected chi connectivity index (χ1v) is 47.9. The number of carbonyl (C=O) groups excluding carboxylic acids is 6. The molecule has 0 aromatic heterocycles. The van der Waals surface area contributed by atoms with E-state index in [-0.39, 0.29) is 71.7 Å². The molecule has 730 valence electrons. The van der Waals surface area contributed by atoms with Crippen molar-refractivity contribution >= 4 is 64.8 Å². The highest BCUT2D eigenvalue weighted by molar-refractivity contribution is 5.99.